The van der Waals surface area contributed by atoms with Crippen molar-refractivity contribution in [3.8, 4) is 11.5 Å². The molecule has 0 radical (unpaired) electrons. The van der Waals surface area contributed by atoms with Gasteiger partial charge in [-0.3, -0.25) is 4.79 Å². The van der Waals surface area contributed by atoms with E-state index in [-0.39, 0.29) is 6.61 Å². The zero-order valence-corrected chi connectivity index (χ0v) is 14.2. The molecular formula is C15H19ClN4O4. The van der Waals surface area contributed by atoms with Crippen molar-refractivity contribution in [2.45, 2.75) is 19.9 Å². The fourth-order valence-electron chi connectivity index (χ4n) is 2.03. The SMILES string of the molecule is COc1cc(CNCCc2nc(C)no2)cc(Cl)c1OCC(N)=O. The van der Waals surface area contributed by atoms with Crippen LogP contribution in [0.4, 0.5) is 0 Å². The number of halogens is 1. The van der Waals surface area contributed by atoms with Gasteiger partial charge in [0, 0.05) is 19.5 Å². The molecule has 24 heavy (non-hydrogen) atoms. The average molecular weight is 355 g/mol. The summed E-state index contributed by atoms with van der Waals surface area (Å²) in [5, 5.41) is 7.33. The number of carbonyl (C=O) groups excluding carboxylic acids is 1. The van der Waals surface area contributed by atoms with E-state index in [9.17, 15) is 4.79 Å². The van der Waals surface area contributed by atoms with Crippen LogP contribution in [0, 0.1) is 6.92 Å². The molecule has 0 aliphatic carbocycles. The number of carbonyl (C=O) groups is 1. The average Bonchev–Trinajstić information content (AvgIpc) is 2.95. The fraction of sp³-hybridized carbons (Fsp3) is 0.400. The van der Waals surface area contributed by atoms with Gasteiger partial charge in [0.2, 0.25) is 5.89 Å². The van der Waals surface area contributed by atoms with E-state index < -0.39 is 5.91 Å². The van der Waals surface area contributed by atoms with Crippen LogP contribution in [0.1, 0.15) is 17.3 Å². The molecule has 1 heterocycles. The molecule has 0 saturated carbocycles. The fourth-order valence-corrected chi connectivity index (χ4v) is 2.32. The number of nitrogens with zero attached hydrogens (tertiary/aromatic N) is 2. The number of methoxy groups -OCH3 is 1. The summed E-state index contributed by atoms with van der Waals surface area (Å²) >= 11 is 6.19. The maximum atomic E-state index is 10.8. The molecule has 0 atom stereocenters. The zero-order valence-electron chi connectivity index (χ0n) is 13.5. The summed E-state index contributed by atoms with van der Waals surface area (Å²) in [7, 11) is 1.50. The normalized spacial score (nSPS) is 10.6. The Bertz CT molecular complexity index is 705. The third-order valence-corrected chi connectivity index (χ3v) is 3.34. The zero-order chi connectivity index (χ0) is 17.5. The standard InChI is InChI=1S/C15H19ClN4O4/c1-9-19-14(24-20-9)3-4-18-7-10-5-11(16)15(12(6-10)22-2)23-8-13(17)21/h5-6,18H,3-4,7-8H2,1-2H3,(H2,17,21). The number of aromatic nitrogens is 2. The molecule has 0 spiro atoms. The highest BCUT2D eigenvalue weighted by molar-refractivity contribution is 6.32. The quantitative estimate of drug-likeness (QED) is 0.651. The Morgan fingerprint density at radius 1 is 1.46 bits per heavy atom. The lowest BCUT2D eigenvalue weighted by Gasteiger charge is -2.13. The molecule has 0 bridgehead atoms. The number of nitrogens with one attached hydrogen (secondary N) is 1. The van der Waals surface area contributed by atoms with Crippen LogP contribution < -0.4 is 20.5 Å². The second-order valence-corrected chi connectivity index (χ2v) is 5.43. The van der Waals surface area contributed by atoms with Gasteiger partial charge in [-0.1, -0.05) is 16.8 Å². The molecule has 130 valence electrons. The molecule has 0 unspecified atom stereocenters. The predicted molar refractivity (Wildman–Crippen MR) is 87.1 cm³/mol. The molecule has 1 aromatic heterocycles. The van der Waals surface area contributed by atoms with Crippen LogP contribution in [0.15, 0.2) is 16.7 Å². The summed E-state index contributed by atoms with van der Waals surface area (Å²) in [5.41, 5.74) is 5.97. The molecule has 1 aromatic carbocycles. The Morgan fingerprint density at radius 2 is 2.25 bits per heavy atom. The minimum atomic E-state index is -0.588. The number of benzene rings is 1. The van der Waals surface area contributed by atoms with E-state index in [1.54, 1.807) is 19.1 Å². The molecule has 8 nitrogen and oxygen atoms in total. The van der Waals surface area contributed by atoms with Crippen LogP contribution in [0.2, 0.25) is 5.02 Å². The molecule has 9 heteroatoms. The summed E-state index contributed by atoms with van der Waals surface area (Å²) in [4.78, 5) is 15.0. The summed E-state index contributed by atoms with van der Waals surface area (Å²) in [6, 6.07) is 3.52. The molecule has 2 rings (SSSR count). The van der Waals surface area contributed by atoms with Gasteiger partial charge in [0.15, 0.2) is 23.9 Å². The van der Waals surface area contributed by atoms with Crippen molar-refractivity contribution in [1.82, 2.24) is 15.5 Å². The van der Waals surface area contributed by atoms with Gasteiger partial charge >= 0.3 is 0 Å². The molecule has 0 aliphatic heterocycles. The summed E-state index contributed by atoms with van der Waals surface area (Å²) in [6.45, 7) is 2.74. The van der Waals surface area contributed by atoms with Gasteiger partial charge in [0.1, 0.15) is 0 Å². The first-order chi connectivity index (χ1) is 11.5. The lowest BCUT2D eigenvalue weighted by Crippen LogP contribution is -2.20. The first-order valence-electron chi connectivity index (χ1n) is 7.27. The molecular weight excluding hydrogens is 336 g/mol. The van der Waals surface area contributed by atoms with E-state index >= 15 is 0 Å². The van der Waals surface area contributed by atoms with E-state index in [1.807, 2.05) is 0 Å². The van der Waals surface area contributed by atoms with Crippen LogP contribution in [0.25, 0.3) is 0 Å². The third kappa shape index (κ3) is 5.10. The lowest BCUT2D eigenvalue weighted by molar-refractivity contribution is -0.119. The summed E-state index contributed by atoms with van der Waals surface area (Å²) in [6.07, 6.45) is 0.630. The Kier molecular flexibility index (Phi) is 6.39. The van der Waals surface area contributed by atoms with Gasteiger partial charge < -0.3 is 25.0 Å². The van der Waals surface area contributed by atoms with Crippen LogP contribution in [0.5, 0.6) is 11.5 Å². The van der Waals surface area contributed by atoms with Crippen LogP contribution in [-0.4, -0.2) is 36.3 Å². The second kappa shape index (κ2) is 8.51. The predicted octanol–water partition coefficient (Wildman–Crippen LogP) is 1.24. The van der Waals surface area contributed by atoms with Crippen molar-refractivity contribution in [2.24, 2.45) is 5.73 Å². The van der Waals surface area contributed by atoms with Gasteiger partial charge in [-0.2, -0.15) is 4.98 Å². The monoisotopic (exact) mass is 354 g/mol. The number of primary amides is 1. The Labute approximate surface area is 144 Å². The van der Waals surface area contributed by atoms with E-state index in [0.29, 0.717) is 47.7 Å². The van der Waals surface area contributed by atoms with Gasteiger partial charge in [0.05, 0.1) is 12.1 Å². The molecule has 0 saturated heterocycles. The number of ether oxygens (including phenoxy) is 2. The van der Waals surface area contributed by atoms with E-state index in [4.69, 9.17) is 31.3 Å². The minimum absolute atomic E-state index is 0.267. The second-order valence-electron chi connectivity index (χ2n) is 5.03. The van der Waals surface area contributed by atoms with E-state index in [2.05, 4.69) is 15.5 Å². The number of aryl methyl sites for hydroxylation is 1. The lowest BCUT2D eigenvalue weighted by atomic mass is 10.2. The molecule has 1 amide bonds. The highest BCUT2D eigenvalue weighted by Crippen LogP contribution is 2.36. The topological polar surface area (TPSA) is 112 Å². The number of rotatable bonds is 9. The summed E-state index contributed by atoms with van der Waals surface area (Å²) < 4.78 is 15.6. The van der Waals surface area contributed by atoms with Crippen LogP contribution in [-0.2, 0) is 17.8 Å². The highest BCUT2D eigenvalue weighted by Gasteiger charge is 2.13. The van der Waals surface area contributed by atoms with Gasteiger partial charge in [-0.25, -0.2) is 0 Å². The Morgan fingerprint density at radius 3 is 2.88 bits per heavy atom. The van der Waals surface area contributed by atoms with Crippen LogP contribution in [0.3, 0.4) is 0 Å². The van der Waals surface area contributed by atoms with E-state index in [0.717, 1.165) is 5.56 Å². The number of hydrogen-bond acceptors (Lipinski definition) is 7. The highest BCUT2D eigenvalue weighted by atomic mass is 35.5. The molecule has 0 aliphatic rings. The first kappa shape index (κ1) is 18.0. The van der Waals surface area contributed by atoms with Gasteiger partial charge in [-0.05, 0) is 24.6 Å². The smallest absolute Gasteiger partial charge is 0.255 e. The Balaban J connectivity index is 1.92. The molecule has 0 fully saturated rings. The van der Waals surface area contributed by atoms with Crippen LogP contribution >= 0.6 is 11.6 Å². The van der Waals surface area contributed by atoms with Crippen molar-refractivity contribution < 1.29 is 18.8 Å². The third-order valence-electron chi connectivity index (χ3n) is 3.06. The molecule has 3 N–H and O–H groups in total. The maximum absolute atomic E-state index is 10.8. The largest absolute Gasteiger partial charge is 0.493 e. The Hall–Kier alpha value is -2.32. The van der Waals surface area contributed by atoms with Crippen molar-refractivity contribution in [3.05, 3.63) is 34.4 Å². The van der Waals surface area contributed by atoms with Gasteiger partial charge in [0.25, 0.3) is 5.91 Å². The number of amides is 1. The van der Waals surface area contributed by atoms with Crippen molar-refractivity contribution in [2.75, 3.05) is 20.3 Å². The van der Waals surface area contributed by atoms with Crippen molar-refractivity contribution in [3.63, 3.8) is 0 Å². The van der Waals surface area contributed by atoms with E-state index in [1.165, 1.54) is 7.11 Å². The molecule has 2 aromatic rings. The summed E-state index contributed by atoms with van der Waals surface area (Å²) in [5.74, 6) is 1.35. The van der Waals surface area contributed by atoms with Gasteiger partial charge in [-0.15, -0.1) is 0 Å². The first-order valence-corrected chi connectivity index (χ1v) is 7.64. The van der Waals surface area contributed by atoms with Crippen molar-refractivity contribution >= 4 is 17.5 Å². The number of nitrogens with two attached hydrogens (primary N) is 1. The number of hydrogen-bond donors (Lipinski definition) is 2. The van der Waals surface area contributed by atoms with Crippen molar-refractivity contribution in [1.29, 1.82) is 0 Å². The maximum Gasteiger partial charge on any atom is 0.255 e. The minimum Gasteiger partial charge on any atom is -0.493 e.